The fourth-order valence-corrected chi connectivity index (χ4v) is 3.33. The molecule has 7 heteroatoms. The van der Waals surface area contributed by atoms with Crippen molar-refractivity contribution in [2.45, 2.75) is 23.8 Å². The van der Waals surface area contributed by atoms with E-state index in [2.05, 4.69) is 15.9 Å². The van der Waals surface area contributed by atoms with Crippen molar-refractivity contribution >= 4 is 31.7 Å². The maximum atomic E-state index is 12.5. The van der Waals surface area contributed by atoms with Crippen LogP contribution < -0.4 is 5.73 Å². The minimum absolute atomic E-state index is 0.00966. The van der Waals surface area contributed by atoms with Gasteiger partial charge in [-0.05, 0) is 47.0 Å². The molecule has 0 spiro atoms. The van der Waals surface area contributed by atoms with Crippen molar-refractivity contribution in [1.29, 1.82) is 0 Å². The van der Waals surface area contributed by atoms with Crippen LogP contribution in [0.25, 0.3) is 0 Å². The lowest BCUT2D eigenvalue weighted by atomic mass is 10.1. The molecule has 0 bridgehead atoms. The number of hydrogen-bond donors (Lipinski definition) is 1. The first-order chi connectivity index (χ1) is 9.29. The van der Waals surface area contributed by atoms with Gasteiger partial charge >= 0.3 is 0 Å². The zero-order chi connectivity index (χ0) is 14.9. The second kappa shape index (κ2) is 5.83. The van der Waals surface area contributed by atoms with Crippen molar-refractivity contribution in [2.24, 2.45) is 5.73 Å². The zero-order valence-corrected chi connectivity index (χ0v) is 13.6. The fraction of sp³-hybridized carbons (Fsp3) is 0.462. The smallest absolute Gasteiger partial charge is 0.255 e. The minimum atomic E-state index is -3.33. The van der Waals surface area contributed by atoms with Gasteiger partial charge in [0.15, 0.2) is 9.84 Å². The predicted molar refractivity (Wildman–Crippen MR) is 80.4 cm³/mol. The minimum Gasteiger partial charge on any atom is -0.337 e. The van der Waals surface area contributed by atoms with Gasteiger partial charge in [-0.15, -0.1) is 0 Å². The van der Waals surface area contributed by atoms with Crippen LogP contribution in [-0.4, -0.2) is 44.6 Å². The van der Waals surface area contributed by atoms with Crippen LogP contribution in [0.2, 0.25) is 0 Å². The van der Waals surface area contributed by atoms with Crippen molar-refractivity contribution in [3.05, 3.63) is 28.2 Å². The second-order valence-corrected chi connectivity index (χ2v) is 7.94. The summed E-state index contributed by atoms with van der Waals surface area (Å²) in [4.78, 5) is 14.3. The first-order valence-electron chi connectivity index (χ1n) is 6.33. The standard InChI is InChI=1S/C13H17BrN2O3S/c1-20(18,19)10-4-5-12(14)11(7-10)13(17)16-6-2-3-9(15)8-16/h4-5,7,9H,2-3,6,8,15H2,1H3/t9-/m1/s1. The number of piperidine rings is 1. The molecule has 0 aliphatic carbocycles. The van der Waals surface area contributed by atoms with Crippen molar-refractivity contribution < 1.29 is 13.2 Å². The van der Waals surface area contributed by atoms with Gasteiger partial charge in [0.25, 0.3) is 5.91 Å². The lowest BCUT2D eigenvalue weighted by Gasteiger charge is -2.31. The highest BCUT2D eigenvalue weighted by molar-refractivity contribution is 9.10. The Hall–Kier alpha value is -0.920. The topological polar surface area (TPSA) is 80.5 Å². The van der Waals surface area contributed by atoms with E-state index in [0.717, 1.165) is 19.1 Å². The monoisotopic (exact) mass is 360 g/mol. The highest BCUT2D eigenvalue weighted by Crippen LogP contribution is 2.23. The Morgan fingerprint density at radius 1 is 1.45 bits per heavy atom. The third kappa shape index (κ3) is 3.39. The Bertz CT molecular complexity index is 631. The lowest BCUT2D eigenvalue weighted by molar-refractivity contribution is 0.0707. The highest BCUT2D eigenvalue weighted by atomic mass is 79.9. The largest absolute Gasteiger partial charge is 0.337 e. The van der Waals surface area contributed by atoms with E-state index in [1.54, 1.807) is 11.0 Å². The van der Waals surface area contributed by atoms with Crippen LogP contribution in [0, 0.1) is 0 Å². The normalized spacial score (nSPS) is 19.9. The summed E-state index contributed by atoms with van der Waals surface area (Å²) in [6.45, 7) is 1.16. The Morgan fingerprint density at radius 2 is 2.15 bits per heavy atom. The lowest BCUT2D eigenvalue weighted by Crippen LogP contribution is -2.45. The number of halogens is 1. The van der Waals surface area contributed by atoms with Crippen LogP contribution in [0.5, 0.6) is 0 Å². The molecule has 110 valence electrons. The van der Waals surface area contributed by atoms with Gasteiger partial charge < -0.3 is 10.6 Å². The van der Waals surface area contributed by atoms with E-state index in [-0.39, 0.29) is 16.8 Å². The molecular weight excluding hydrogens is 344 g/mol. The molecule has 2 N–H and O–H groups in total. The molecule has 1 aliphatic rings. The molecule has 1 aliphatic heterocycles. The predicted octanol–water partition coefficient (Wildman–Crippen LogP) is 1.42. The quantitative estimate of drug-likeness (QED) is 0.864. The molecule has 1 atom stereocenters. The molecule has 5 nitrogen and oxygen atoms in total. The average Bonchev–Trinajstić information content (AvgIpc) is 2.37. The number of benzene rings is 1. The SMILES string of the molecule is CS(=O)(=O)c1ccc(Br)c(C(=O)N2CCC[C@@H](N)C2)c1. The van der Waals surface area contributed by atoms with Crippen LogP contribution in [0.1, 0.15) is 23.2 Å². The number of nitrogens with two attached hydrogens (primary N) is 1. The highest BCUT2D eigenvalue weighted by Gasteiger charge is 2.24. The number of sulfone groups is 1. The summed E-state index contributed by atoms with van der Waals surface area (Å²) >= 11 is 3.31. The molecule has 0 aromatic heterocycles. The van der Waals surface area contributed by atoms with Gasteiger partial charge in [-0.25, -0.2) is 8.42 Å². The third-order valence-electron chi connectivity index (χ3n) is 3.34. The zero-order valence-electron chi connectivity index (χ0n) is 11.2. The molecule has 2 rings (SSSR count). The summed E-state index contributed by atoms with van der Waals surface area (Å²) < 4.78 is 23.8. The first-order valence-corrected chi connectivity index (χ1v) is 9.02. The van der Waals surface area contributed by atoms with Crippen molar-refractivity contribution in [3.63, 3.8) is 0 Å². The maximum absolute atomic E-state index is 12.5. The van der Waals surface area contributed by atoms with E-state index < -0.39 is 9.84 Å². The Kier molecular flexibility index (Phi) is 4.51. The average molecular weight is 361 g/mol. The van der Waals surface area contributed by atoms with Gasteiger partial charge in [0.2, 0.25) is 0 Å². The molecule has 1 amide bonds. The van der Waals surface area contributed by atoms with Crippen molar-refractivity contribution in [3.8, 4) is 0 Å². The number of carbonyl (C=O) groups excluding carboxylic acids is 1. The number of carbonyl (C=O) groups is 1. The van der Waals surface area contributed by atoms with Crippen LogP contribution in [-0.2, 0) is 9.84 Å². The summed E-state index contributed by atoms with van der Waals surface area (Å²) in [7, 11) is -3.33. The van der Waals surface area contributed by atoms with E-state index >= 15 is 0 Å². The molecule has 1 aromatic rings. The summed E-state index contributed by atoms with van der Waals surface area (Å²) in [5.74, 6) is -0.183. The maximum Gasteiger partial charge on any atom is 0.255 e. The van der Waals surface area contributed by atoms with E-state index in [9.17, 15) is 13.2 Å². The number of hydrogen-bond acceptors (Lipinski definition) is 4. The van der Waals surface area contributed by atoms with E-state index in [1.165, 1.54) is 12.1 Å². The van der Waals surface area contributed by atoms with Gasteiger partial charge in [-0.1, -0.05) is 0 Å². The summed E-state index contributed by atoms with van der Waals surface area (Å²) in [5, 5.41) is 0. The third-order valence-corrected chi connectivity index (χ3v) is 5.14. The van der Waals surface area contributed by atoms with Gasteiger partial charge in [-0.3, -0.25) is 4.79 Å². The fourth-order valence-electron chi connectivity index (χ4n) is 2.26. The molecule has 1 fully saturated rings. The Balaban J connectivity index is 2.34. The van der Waals surface area contributed by atoms with E-state index in [0.29, 0.717) is 23.1 Å². The molecule has 0 radical (unpaired) electrons. The molecule has 20 heavy (non-hydrogen) atoms. The number of nitrogens with zero attached hydrogens (tertiary/aromatic N) is 1. The molecule has 0 saturated carbocycles. The van der Waals surface area contributed by atoms with Gasteiger partial charge in [0.1, 0.15) is 0 Å². The van der Waals surface area contributed by atoms with E-state index in [4.69, 9.17) is 5.73 Å². The van der Waals surface area contributed by atoms with Gasteiger partial charge in [-0.2, -0.15) is 0 Å². The van der Waals surface area contributed by atoms with Gasteiger partial charge in [0.05, 0.1) is 10.5 Å². The van der Waals surface area contributed by atoms with Crippen LogP contribution in [0.3, 0.4) is 0 Å². The Labute approximate surface area is 127 Å². The number of rotatable bonds is 2. The summed E-state index contributed by atoms with van der Waals surface area (Å²) in [6, 6.07) is 4.48. The summed E-state index contributed by atoms with van der Waals surface area (Å²) in [6.07, 6.45) is 2.91. The molecule has 1 saturated heterocycles. The molecular formula is C13H17BrN2O3S. The molecule has 1 heterocycles. The van der Waals surface area contributed by atoms with Crippen LogP contribution in [0.15, 0.2) is 27.6 Å². The van der Waals surface area contributed by atoms with E-state index in [1.807, 2.05) is 0 Å². The Morgan fingerprint density at radius 3 is 2.75 bits per heavy atom. The number of amides is 1. The van der Waals surface area contributed by atoms with Gasteiger partial charge in [0, 0.05) is 29.9 Å². The number of likely N-dealkylation sites (tertiary alicyclic amines) is 1. The first kappa shape index (κ1) is 15.5. The summed E-state index contributed by atoms with van der Waals surface area (Å²) in [5.41, 5.74) is 6.24. The van der Waals surface area contributed by atoms with Crippen LogP contribution >= 0.6 is 15.9 Å². The molecule has 1 aromatic carbocycles. The van der Waals surface area contributed by atoms with Crippen molar-refractivity contribution in [2.75, 3.05) is 19.3 Å². The second-order valence-electron chi connectivity index (χ2n) is 5.07. The van der Waals surface area contributed by atoms with Crippen LogP contribution in [0.4, 0.5) is 0 Å². The molecule has 0 unspecified atom stereocenters. The van der Waals surface area contributed by atoms with Crippen molar-refractivity contribution in [1.82, 2.24) is 4.90 Å².